The predicted molar refractivity (Wildman–Crippen MR) is 95.8 cm³/mol. The van der Waals surface area contributed by atoms with Gasteiger partial charge in [0.2, 0.25) is 0 Å². The molecular weight excluding hydrogens is 405 g/mol. The predicted octanol–water partition coefficient (Wildman–Crippen LogP) is 6.42. The van der Waals surface area contributed by atoms with Gasteiger partial charge in [0.1, 0.15) is 0 Å². The van der Waals surface area contributed by atoms with Gasteiger partial charge in [-0.1, -0.05) is 61.7 Å². The molecule has 0 amide bonds. The molecule has 0 fully saturated rings. The van der Waals surface area contributed by atoms with E-state index in [1.165, 1.54) is 16.3 Å². The fraction of sp³-hybridized carbons (Fsp3) is 0.250. The first-order valence-electron chi connectivity index (χ1n) is 8.00. The number of ether oxygens (including phenoxy) is 1. The molecule has 0 N–H and O–H groups in total. The number of carbonyl (C=O) groups is 1. The summed E-state index contributed by atoms with van der Waals surface area (Å²) < 4.78 is 88.1. The van der Waals surface area contributed by atoms with E-state index in [2.05, 4.69) is 60.4 Å². The SMILES string of the molecule is C=C(C)C(=O)OCC(F)(F)C(F)(F)C(F)(F)F.C=Cc1cccc2ccccc12. The van der Waals surface area contributed by atoms with Crippen molar-refractivity contribution in [3.63, 3.8) is 0 Å². The van der Waals surface area contributed by atoms with E-state index >= 15 is 0 Å². The van der Waals surface area contributed by atoms with E-state index in [4.69, 9.17) is 0 Å². The maximum atomic E-state index is 12.5. The molecule has 9 heteroatoms. The molecule has 0 radical (unpaired) electrons. The Labute approximate surface area is 162 Å². The summed E-state index contributed by atoms with van der Waals surface area (Å²) in [6.07, 6.45) is -4.55. The van der Waals surface area contributed by atoms with E-state index in [0.29, 0.717) is 0 Å². The van der Waals surface area contributed by atoms with Crippen molar-refractivity contribution in [3.8, 4) is 0 Å². The van der Waals surface area contributed by atoms with Gasteiger partial charge in [-0.2, -0.15) is 30.7 Å². The lowest BCUT2D eigenvalue weighted by Crippen LogP contribution is -2.54. The molecule has 2 rings (SSSR count). The number of fused-ring (bicyclic) bond motifs is 1. The molecule has 158 valence electrons. The first kappa shape index (κ1) is 24.2. The molecule has 0 aliphatic rings. The summed E-state index contributed by atoms with van der Waals surface area (Å²) in [5.41, 5.74) is 0.796. The van der Waals surface area contributed by atoms with Gasteiger partial charge in [-0.25, -0.2) is 4.79 Å². The minimum atomic E-state index is -6.44. The smallest absolute Gasteiger partial charge is 0.456 e. The number of hydrogen-bond acceptors (Lipinski definition) is 2. The average molecular weight is 422 g/mol. The van der Waals surface area contributed by atoms with Gasteiger partial charge in [0.05, 0.1) is 0 Å². The first-order valence-corrected chi connectivity index (χ1v) is 8.00. The van der Waals surface area contributed by atoms with Crippen LogP contribution < -0.4 is 0 Å². The van der Waals surface area contributed by atoms with Crippen LogP contribution in [0.2, 0.25) is 0 Å². The van der Waals surface area contributed by atoms with E-state index in [-0.39, 0.29) is 0 Å². The monoisotopic (exact) mass is 422 g/mol. The molecule has 0 spiro atoms. The lowest BCUT2D eigenvalue weighted by Gasteiger charge is -2.27. The molecule has 0 unspecified atom stereocenters. The summed E-state index contributed by atoms with van der Waals surface area (Å²) in [5, 5.41) is 2.55. The Balaban J connectivity index is 0.000000304. The number of alkyl halides is 7. The van der Waals surface area contributed by atoms with Gasteiger partial charge in [-0.05, 0) is 23.3 Å². The molecule has 0 aromatic heterocycles. The molecule has 2 aromatic carbocycles. The number of halogens is 7. The van der Waals surface area contributed by atoms with Crippen LogP contribution in [-0.4, -0.2) is 30.6 Å². The second-order valence-corrected chi connectivity index (χ2v) is 5.91. The zero-order valence-electron chi connectivity index (χ0n) is 15.2. The summed E-state index contributed by atoms with van der Waals surface area (Å²) in [5.74, 6) is -13.3. The van der Waals surface area contributed by atoms with Crippen molar-refractivity contribution < 1.29 is 40.3 Å². The van der Waals surface area contributed by atoms with Gasteiger partial charge in [-0.3, -0.25) is 0 Å². The third-order valence-corrected chi connectivity index (χ3v) is 3.59. The standard InChI is InChI=1S/C12H10.C8H7F7O2/c1-2-10-7-5-8-11-6-3-4-9-12(10)11;1-4(2)5(16)17-3-6(9,10)7(11,12)8(13,14)15/h2-9H,1H2;1,3H2,2H3. The van der Waals surface area contributed by atoms with Gasteiger partial charge in [0.25, 0.3) is 0 Å². The minimum Gasteiger partial charge on any atom is -0.456 e. The number of esters is 1. The minimum absolute atomic E-state index is 0.406. The van der Waals surface area contributed by atoms with Crippen LogP contribution in [0.5, 0.6) is 0 Å². The van der Waals surface area contributed by atoms with Gasteiger partial charge in [-0.15, -0.1) is 0 Å². The zero-order chi connectivity index (χ0) is 22.5. The number of rotatable bonds is 5. The van der Waals surface area contributed by atoms with Crippen molar-refractivity contribution in [2.45, 2.75) is 24.9 Å². The van der Waals surface area contributed by atoms with Crippen molar-refractivity contribution >= 4 is 22.8 Å². The topological polar surface area (TPSA) is 26.3 Å². The molecule has 0 atom stereocenters. The van der Waals surface area contributed by atoms with Crippen molar-refractivity contribution in [3.05, 3.63) is 66.8 Å². The largest absolute Gasteiger partial charge is 0.460 e. The van der Waals surface area contributed by atoms with E-state index in [1.807, 2.05) is 6.08 Å². The Hall–Kier alpha value is -2.84. The van der Waals surface area contributed by atoms with Crippen molar-refractivity contribution in [1.29, 1.82) is 0 Å². The second kappa shape index (κ2) is 9.11. The van der Waals surface area contributed by atoms with Crippen LogP contribution in [0.15, 0.2) is 61.2 Å². The van der Waals surface area contributed by atoms with E-state index in [1.54, 1.807) is 0 Å². The fourth-order valence-corrected chi connectivity index (χ4v) is 2.01. The molecule has 29 heavy (non-hydrogen) atoms. The highest BCUT2D eigenvalue weighted by atomic mass is 19.4. The van der Waals surface area contributed by atoms with Gasteiger partial charge in [0.15, 0.2) is 6.61 Å². The summed E-state index contributed by atoms with van der Waals surface area (Å²) in [7, 11) is 0. The van der Waals surface area contributed by atoms with Crippen molar-refractivity contribution in [2.24, 2.45) is 0 Å². The van der Waals surface area contributed by atoms with Crippen LogP contribution in [0.4, 0.5) is 30.7 Å². The fourth-order valence-electron chi connectivity index (χ4n) is 2.01. The Morgan fingerprint density at radius 3 is 2.07 bits per heavy atom. The quantitative estimate of drug-likeness (QED) is 0.316. The lowest BCUT2D eigenvalue weighted by atomic mass is 10.1. The van der Waals surface area contributed by atoms with E-state index in [0.717, 1.165) is 6.92 Å². The van der Waals surface area contributed by atoms with E-state index in [9.17, 15) is 35.5 Å². The van der Waals surface area contributed by atoms with Crippen molar-refractivity contribution in [2.75, 3.05) is 6.61 Å². The Morgan fingerprint density at radius 2 is 1.55 bits per heavy atom. The third-order valence-electron chi connectivity index (χ3n) is 3.59. The second-order valence-electron chi connectivity index (χ2n) is 5.91. The van der Waals surface area contributed by atoms with Crippen LogP contribution in [-0.2, 0) is 9.53 Å². The highest BCUT2D eigenvalue weighted by molar-refractivity contribution is 5.90. The van der Waals surface area contributed by atoms with Crippen LogP contribution in [0.25, 0.3) is 16.8 Å². The van der Waals surface area contributed by atoms with Crippen molar-refractivity contribution in [1.82, 2.24) is 0 Å². The first-order chi connectivity index (χ1) is 13.2. The summed E-state index contributed by atoms with van der Waals surface area (Å²) in [6, 6.07) is 14.6. The summed E-state index contributed by atoms with van der Waals surface area (Å²) in [4.78, 5) is 10.6. The molecule has 0 saturated heterocycles. The normalized spacial score (nSPS) is 12.0. The van der Waals surface area contributed by atoms with Crippen LogP contribution in [0, 0.1) is 0 Å². The lowest BCUT2D eigenvalue weighted by molar-refractivity contribution is -0.359. The third kappa shape index (κ3) is 5.82. The molecule has 0 heterocycles. The molecule has 0 saturated carbocycles. The summed E-state index contributed by atoms with van der Waals surface area (Å²) in [6.45, 7) is 5.35. The Bertz CT molecular complexity index is 881. The molecule has 2 nitrogen and oxygen atoms in total. The summed E-state index contributed by atoms with van der Waals surface area (Å²) >= 11 is 0. The van der Waals surface area contributed by atoms with Gasteiger partial charge >= 0.3 is 24.0 Å². The Morgan fingerprint density at radius 1 is 1.00 bits per heavy atom. The molecular formula is C20H17F7O2. The Kier molecular flexibility index (Phi) is 7.60. The van der Waals surface area contributed by atoms with Gasteiger partial charge < -0.3 is 4.74 Å². The maximum Gasteiger partial charge on any atom is 0.460 e. The number of carbonyl (C=O) groups excluding carboxylic acids is 1. The van der Waals surface area contributed by atoms with Crippen LogP contribution in [0.1, 0.15) is 12.5 Å². The molecule has 0 aliphatic carbocycles. The number of hydrogen-bond donors (Lipinski definition) is 0. The van der Waals surface area contributed by atoms with Gasteiger partial charge in [0, 0.05) is 5.57 Å². The van der Waals surface area contributed by atoms with Crippen LogP contribution >= 0.6 is 0 Å². The van der Waals surface area contributed by atoms with Crippen LogP contribution in [0.3, 0.4) is 0 Å². The zero-order valence-corrected chi connectivity index (χ0v) is 15.2. The average Bonchev–Trinajstić information content (AvgIpc) is 2.65. The number of benzene rings is 2. The highest BCUT2D eigenvalue weighted by Crippen LogP contribution is 2.46. The maximum absolute atomic E-state index is 12.5. The molecule has 2 aromatic rings. The molecule has 0 bridgehead atoms. The molecule has 0 aliphatic heterocycles. The highest BCUT2D eigenvalue weighted by Gasteiger charge is 2.73. The van der Waals surface area contributed by atoms with E-state index < -0.39 is 36.2 Å².